The Hall–Kier alpha value is -0.870. The van der Waals surface area contributed by atoms with Crippen molar-refractivity contribution >= 4 is 11.8 Å². The lowest BCUT2D eigenvalue weighted by atomic mass is 10.0. The number of nitrogens with one attached hydrogen (secondary N) is 1. The van der Waals surface area contributed by atoms with Crippen LogP contribution in [0.2, 0.25) is 0 Å². The third-order valence-corrected chi connectivity index (χ3v) is 4.06. The van der Waals surface area contributed by atoms with Gasteiger partial charge in [0.25, 0.3) is 0 Å². The lowest BCUT2D eigenvalue weighted by Crippen LogP contribution is -2.27. The molecule has 0 aliphatic rings. The second-order valence-corrected chi connectivity index (χ2v) is 5.35. The zero-order valence-corrected chi connectivity index (χ0v) is 13.4. The minimum absolute atomic E-state index is 0.476. The Morgan fingerprint density at radius 1 is 1.21 bits per heavy atom. The van der Waals surface area contributed by atoms with Gasteiger partial charge in [0.15, 0.2) is 0 Å². The van der Waals surface area contributed by atoms with Gasteiger partial charge in [0.2, 0.25) is 0 Å². The molecule has 0 saturated heterocycles. The normalized spacial score (nSPS) is 12.3. The Morgan fingerprint density at radius 2 is 1.89 bits per heavy atom. The van der Waals surface area contributed by atoms with E-state index >= 15 is 0 Å². The molecular formula is C15H25NO2S. The van der Waals surface area contributed by atoms with Crippen molar-refractivity contribution in [2.45, 2.75) is 37.1 Å². The number of likely N-dealkylation sites (N-methyl/N-ethyl adjacent to an activating group) is 1. The number of thioether (sulfide) groups is 1. The lowest BCUT2D eigenvalue weighted by Gasteiger charge is -2.19. The molecule has 1 aromatic carbocycles. The smallest absolute Gasteiger partial charge is 0.132 e. The Balaban J connectivity index is 3.03. The Bertz CT molecular complexity index is 396. The average Bonchev–Trinajstić information content (AvgIpc) is 2.45. The van der Waals surface area contributed by atoms with E-state index in [0.29, 0.717) is 6.04 Å². The van der Waals surface area contributed by atoms with Gasteiger partial charge >= 0.3 is 0 Å². The van der Waals surface area contributed by atoms with Crippen molar-refractivity contribution < 1.29 is 9.47 Å². The molecule has 0 spiro atoms. The molecule has 1 N–H and O–H groups in total. The monoisotopic (exact) mass is 283 g/mol. The van der Waals surface area contributed by atoms with Crippen LogP contribution in [0.5, 0.6) is 11.5 Å². The van der Waals surface area contributed by atoms with E-state index in [1.54, 1.807) is 26.0 Å². The average molecular weight is 283 g/mol. The zero-order valence-electron chi connectivity index (χ0n) is 12.6. The van der Waals surface area contributed by atoms with Gasteiger partial charge in [0, 0.05) is 6.04 Å². The third-order valence-electron chi connectivity index (χ3n) is 3.30. The van der Waals surface area contributed by atoms with Crippen molar-refractivity contribution in [3.8, 4) is 11.5 Å². The van der Waals surface area contributed by atoms with Crippen LogP contribution in [0.25, 0.3) is 0 Å². The van der Waals surface area contributed by atoms with E-state index in [-0.39, 0.29) is 0 Å². The molecule has 0 bridgehead atoms. The van der Waals surface area contributed by atoms with Crippen molar-refractivity contribution in [1.29, 1.82) is 0 Å². The van der Waals surface area contributed by atoms with Crippen LogP contribution < -0.4 is 14.8 Å². The molecule has 0 heterocycles. The number of benzene rings is 1. The molecule has 3 nitrogen and oxygen atoms in total. The topological polar surface area (TPSA) is 30.5 Å². The fourth-order valence-electron chi connectivity index (χ4n) is 2.21. The number of rotatable bonds is 8. The summed E-state index contributed by atoms with van der Waals surface area (Å²) >= 11 is 1.67. The summed E-state index contributed by atoms with van der Waals surface area (Å²) in [6, 6.07) is 4.64. The Kier molecular flexibility index (Phi) is 7.10. The highest BCUT2D eigenvalue weighted by Crippen LogP contribution is 2.35. The van der Waals surface area contributed by atoms with Crippen LogP contribution in [0.1, 0.15) is 25.3 Å². The van der Waals surface area contributed by atoms with Crippen LogP contribution in [0.4, 0.5) is 0 Å². The fraction of sp³-hybridized carbons (Fsp3) is 0.600. The summed E-state index contributed by atoms with van der Waals surface area (Å²) in [5.41, 5.74) is 1.20. The second-order valence-electron chi connectivity index (χ2n) is 4.50. The van der Waals surface area contributed by atoms with Crippen molar-refractivity contribution in [2.75, 3.05) is 27.5 Å². The molecule has 4 heteroatoms. The SMILES string of the molecule is CCCC(Cc1cc(OC)c(SC)cc1OC)NC. The first-order valence-electron chi connectivity index (χ1n) is 6.66. The molecule has 0 aliphatic heterocycles. The second kappa shape index (κ2) is 8.33. The van der Waals surface area contributed by atoms with Gasteiger partial charge in [-0.1, -0.05) is 13.3 Å². The van der Waals surface area contributed by atoms with Gasteiger partial charge in [0.05, 0.1) is 19.1 Å². The highest BCUT2D eigenvalue weighted by molar-refractivity contribution is 7.98. The van der Waals surface area contributed by atoms with Crippen LogP contribution in [-0.2, 0) is 6.42 Å². The van der Waals surface area contributed by atoms with Gasteiger partial charge in [-0.05, 0) is 43.8 Å². The largest absolute Gasteiger partial charge is 0.496 e. The maximum absolute atomic E-state index is 5.51. The maximum Gasteiger partial charge on any atom is 0.132 e. The van der Waals surface area contributed by atoms with Crippen LogP contribution in [0, 0.1) is 0 Å². The molecule has 1 rings (SSSR count). The summed E-state index contributed by atoms with van der Waals surface area (Å²) in [7, 11) is 5.46. The summed E-state index contributed by atoms with van der Waals surface area (Å²) in [6.07, 6.45) is 5.34. The molecular weight excluding hydrogens is 258 g/mol. The van der Waals surface area contributed by atoms with E-state index in [9.17, 15) is 0 Å². The van der Waals surface area contributed by atoms with Crippen molar-refractivity contribution in [3.63, 3.8) is 0 Å². The van der Waals surface area contributed by atoms with E-state index in [2.05, 4.69) is 24.4 Å². The quantitative estimate of drug-likeness (QED) is 0.741. The van der Waals surface area contributed by atoms with Gasteiger partial charge in [0.1, 0.15) is 11.5 Å². The number of hydrogen-bond donors (Lipinski definition) is 1. The summed E-state index contributed by atoms with van der Waals surface area (Å²) in [5.74, 6) is 1.87. The Morgan fingerprint density at radius 3 is 2.37 bits per heavy atom. The standard InChI is InChI=1S/C15H25NO2S/c1-6-7-12(16-2)8-11-9-14(18-4)15(19-5)10-13(11)17-3/h9-10,12,16H,6-8H2,1-5H3. The van der Waals surface area contributed by atoms with Crippen LogP contribution >= 0.6 is 11.8 Å². The molecule has 0 aromatic heterocycles. The van der Waals surface area contributed by atoms with Crippen molar-refractivity contribution in [2.24, 2.45) is 0 Å². The van der Waals surface area contributed by atoms with Gasteiger partial charge in [-0.2, -0.15) is 0 Å². The molecule has 0 aliphatic carbocycles. The molecule has 0 radical (unpaired) electrons. The van der Waals surface area contributed by atoms with Crippen molar-refractivity contribution in [1.82, 2.24) is 5.32 Å². The predicted octanol–water partition coefficient (Wildman–Crippen LogP) is 3.36. The first-order valence-corrected chi connectivity index (χ1v) is 7.88. The number of ether oxygens (including phenoxy) is 2. The highest BCUT2D eigenvalue weighted by Gasteiger charge is 2.14. The maximum atomic E-state index is 5.51. The van der Waals surface area contributed by atoms with E-state index in [4.69, 9.17) is 9.47 Å². The van der Waals surface area contributed by atoms with E-state index < -0.39 is 0 Å². The molecule has 19 heavy (non-hydrogen) atoms. The highest BCUT2D eigenvalue weighted by atomic mass is 32.2. The van der Waals surface area contributed by atoms with Crippen LogP contribution in [0.3, 0.4) is 0 Å². The molecule has 1 atom stereocenters. The number of hydrogen-bond acceptors (Lipinski definition) is 4. The van der Waals surface area contributed by atoms with E-state index in [1.807, 2.05) is 13.3 Å². The third kappa shape index (κ3) is 4.32. The minimum Gasteiger partial charge on any atom is -0.496 e. The molecule has 1 aromatic rings. The summed E-state index contributed by atoms with van der Waals surface area (Å²) in [4.78, 5) is 1.11. The van der Waals surface area contributed by atoms with Crippen LogP contribution in [-0.4, -0.2) is 33.6 Å². The predicted molar refractivity (Wildman–Crippen MR) is 82.8 cm³/mol. The summed E-state index contributed by atoms with van der Waals surface area (Å²) < 4.78 is 11.0. The molecule has 108 valence electrons. The van der Waals surface area contributed by atoms with Crippen LogP contribution in [0.15, 0.2) is 17.0 Å². The first kappa shape index (κ1) is 16.2. The number of methoxy groups -OCH3 is 2. The minimum atomic E-state index is 0.476. The van der Waals surface area contributed by atoms with Gasteiger partial charge < -0.3 is 14.8 Å². The van der Waals surface area contributed by atoms with Crippen molar-refractivity contribution in [3.05, 3.63) is 17.7 Å². The first-order chi connectivity index (χ1) is 9.19. The molecule has 0 saturated carbocycles. The summed E-state index contributed by atoms with van der Waals surface area (Å²) in [6.45, 7) is 2.21. The molecule has 0 fully saturated rings. The Labute approximate surface area is 121 Å². The summed E-state index contributed by atoms with van der Waals surface area (Å²) in [5, 5.41) is 3.37. The van der Waals surface area contributed by atoms with Gasteiger partial charge in [-0.3, -0.25) is 0 Å². The zero-order chi connectivity index (χ0) is 14.3. The molecule has 1 unspecified atom stereocenters. The molecule has 0 amide bonds. The lowest BCUT2D eigenvalue weighted by molar-refractivity contribution is 0.387. The van der Waals surface area contributed by atoms with E-state index in [1.165, 1.54) is 12.0 Å². The van der Waals surface area contributed by atoms with Gasteiger partial charge in [-0.25, -0.2) is 0 Å². The fourth-order valence-corrected chi connectivity index (χ4v) is 2.78. The van der Waals surface area contributed by atoms with Gasteiger partial charge in [-0.15, -0.1) is 11.8 Å². The van der Waals surface area contributed by atoms with E-state index in [0.717, 1.165) is 29.2 Å².